The van der Waals surface area contributed by atoms with Gasteiger partial charge in [-0.15, -0.1) is 24.0 Å². The van der Waals surface area contributed by atoms with E-state index in [-0.39, 0.29) is 24.0 Å². The molecule has 0 atom stereocenters. The van der Waals surface area contributed by atoms with Crippen molar-refractivity contribution in [2.45, 2.75) is 32.3 Å². The number of nitrogens with one attached hydrogen (secondary N) is 2. The van der Waals surface area contributed by atoms with Crippen molar-refractivity contribution in [3.8, 4) is 0 Å². The first-order valence-electron chi connectivity index (χ1n) is 7.10. The van der Waals surface area contributed by atoms with Crippen LogP contribution in [0.4, 0.5) is 0 Å². The highest BCUT2D eigenvalue weighted by atomic mass is 127. The van der Waals surface area contributed by atoms with E-state index >= 15 is 0 Å². The first kappa shape index (κ1) is 19.9. The van der Waals surface area contributed by atoms with Gasteiger partial charge in [-0.2, -0.15) is 0 Å². The molecule has 0 unspecified atom stereocenters. The van der Waals surface area contributed by atoms with Crippen molar-refractivity contribution < 1.29 is 14.6 Å². The van der Waals surface area contributed by atoms with Crippen LogP contribution in [0.1, 0.15) is 26.7 Å². The highest BCUT2D eigenvalue weighted by molar-refractivity contribution is 14.0. The summed E-state index contributed by atoms with van der Waals surface area (Å²) in [5.74, 6) is 0.724. The Labute approximate surface area is 138 Å². The van der Waals surface area contributed by atoms with Crippen LogP contribution in [-0.2, 0) is 9.47 Å². The van der Waals surface area contributed by atoms with Crippen molar-refractivity contribution in [1.82, 2.24) is 10.6 Å². The largest absolute Gasteiger partial charge is 0.388 e. The number of aliphatic imine (C=N–C) groups is 1. The van der Waals surface area contributed by atoms with Gasteiger partial charge in [0.1, 0.15) is 0 Å². The van der Waals surface area contributed by atoms with E-state index in [1.807, 2.05) is 13.8 Å². The molecule has 0 saturated carbocycles. The lowest BCUT2D eigenvalue weighted by molar-refractivity contribution is -0.0565. The predicted octanol–water partition coefficient (Wildman–Crippen LogP) is 0.737. The molecule has 0 spiro atoms. The van der Waals surface area contributed by atoms with Gasteiger partial charge in [0.2, 0.25) is 0 Å². The molecule has 1 saturated heterocycles. The van der Waals surface area contributed by atoms with Crippen molar-refractivity contribution in [1.29, 1.82) is 0 Å². The van der Waals surface area contributed by atoms with E-state index < -0.39 is 5.60 Å². The molecule has 1 fully saturated rings. The number of ether oxygens (including phenoxy) is 2. The minimum absolute atomic E-state index is 0. The molecule has 7 heteroatoms. The van der Waals surface area contributed by atoms with Crippen LogP contribution in [-0.4, -0.2) is 62.7 Å². The molecule has 20 heavy (non-hydrogen) atoms. The molecule has 0 radical (unpaired) electrons. The topological polar surface area (TPSA) is 75.1 Å². The van der Waals surface area contributed by atoms with Gasteiger partial charge in [-0.1, -0.05) is 0 Å². The molecular weight excluding hydrogens is 373 g/mol. The van der Waals surface area contributed by atoms with Crippen molar-refractivity contribution in [3.05, 3.63) is 0 Å². The minimum Gasteiger partial charge on any atom is -0.388 e. The highest BCUT2D eigenvalue weighted by Gasteiger charge is 2.29. The van der Waals surface area contributed by atoms with E-state index in [4.69, 9.17) is 9.47 Å². The maximum Gasteiger partial charge on any atom is 0.191 e. The molecular formula is C13H28IN3O3. The van der Waals surface area contributed by atoms with Crippen LogP contribution in [0.3, 0.4) is 0 Å². The summed E-state index contributed by atoms with van der Waals surface area (Å²) in [5, 5.41) is 16.7. The number of rotatable bonds is 7. The Hall–Kier alpha value is -0.120. The van der Waals surface area contributed by atoms with Crippen molar-refractivity contribution in [2.24, 2.45) is 4.99 Å². The molecule has 1 aliphatic heterocycles. The molecule has 1 heterocycles. The summed E-state index contributed by atoms with van der Waals surface area (Å²) in [6.07, 6.45) is 1.30. The molecule has 0 aromatic carbocycles. The first-order valence-corrected chi connectivity index (χ1v) is 7.10. The minimum atomic E-state index is -0.722. The zero-order valence-electron chi connectivity index (χ0n) is 12.5. The molecule has 0 amide bonds. The summed E-state index contributed by atoms with van der Waals surface area (Å²) in [6.45, 7) is 8.49. The lowest BCUT2D eigenvalue weighted by Gasteiger charge is -2.30. The molecule has 0 aromatic rings. The monoisotopic (exact) mass is 401 g/mol. The Morgan fingerprint density at radius 3 is 2.60 bits per heavy atom. The van der Waals surface area contributed by atoms with E-state index in [9.17, 15) is 5.11 Å². The van der Waals surface area contributed by atoms with Crippen LogP contribution in [0.2, 0.25) is 0 Å². The Balaban J connectivity index is 0.00000361. The van der Waals surface area contributed by atoms with Crippen LogP contribution in [0.5, 0.6) is 0 Å². The summed E-state index contributed by atoms with van der Waals surface area (Å²) in [4.78, 5) is 4.44. The van der Waals surface area contributed by atoms with Gasteiger partial charge in [-0.05, 0) is 13.8 Å². The third kappa shape index (κ3) is 8.23. The Kier molecular flexibility index (Phi) is 11.5. The second-order valence-corrected chi connectivity index (χ2v) is 4.66. The number of hydrogen-bond acceptors (Lipinski definition) is 4. The predicted molar refractivity (Wildman–Crippen MR) is 90.9 cm³/mol. The SMILES string of the molecule is CCNC(=NCC1(O)CCOCC1)NCCOCC.I. The quantitative estimate of drug-likeness (QED) is 0.254. The van der Waals surface area contributed by atoms with Crippen molar-refractivity contribution >= 4 is 29.9 Å². The lowest BCUT2D eigenvalue weighted by atomic mass is 9.95. The van der Waals surface area contributed by atoms with Crippen molar-refractivity contribution in [2.75, 3.05) is 46.1 Å². The Bertz CT molecular complexity index is 272. The van der Waals surface area contributed by atoms with Gasteiger partial charge < -0.3 is 25.2 Å². The molecule has 6 nitrogen and oxygen atoms in total. The maximum atomic E-state index is 10.3. The third-order valence-corrected chi connectivity index (χ3v) is 3.04. The summed E-state index contributed by atoms with van der Waals surface area (Å²) < 4.78 is 10.5. The number of guanidine groups is 1. The second-order valence-electron chi connectivity index (χ2n) is 4.66. The lowest BCUT2D eigenvalue weighted by Crippen LogP contribution is -2.43. The van der Waals surface area contributed by atoms with Crippen molar-refractivity contribution in [3.63, 3.8) is 0 Å². The zero-order chi connectivity index (χ0) is 14.0. The fraction of sp³-hybridized carbons (Fsp3) is 0.923. The van der Waals surface area contributed by atoms with Crippen LogP contribution in [0, 0.1) is 0 Å². The second kappa shape index (κ2) is 11.5. The molecule has 1 aliphatic rings. The van der Waals surface area contributed by atoms with Gasteiger partial charge in [-0.3, -0.25) is 4.99 Å². The van der Waals surface area contributed by atoms with Gasteiger partial charge >= 0.3 is 0 Å². The fourth-order valence-electron chi connectivity index (χ4n) is 1.86. The van der Waals surface area contributed by atoms with Gasteiger partial charge in [0.05, 0.1) is 18.8 Å². The number of halogens is 1. The standard InChI is InChI=1S/C13H27N3O3.HI/c1-3-14-12(15-7-10-18-4-2)16-11-13(17)5-8-19-9-6-13;/h17H,3-11H2,1-2H3,(H2,14,15,16);1H. The summed E-state index contributed by atoms with van der Waals surface area (Å²) >= 11 is 0. The Morgan fingerprint density at radius 1 is 1.30 bits per heavy atom. The Morgan fingerprint density at radius 2 is 2.00 bits per heavy atom. The van der Waals surface area contributed by atoms with E-state index in [0.717, 1.165) is 19.1 Å². The smallest absolute Gasteiger partial charge is 0.191 e. The number of hydrogen-bond donors (Lipinski definition) is 3. The van der Waals surface area contributed by atoms with Gasteiger partial charge in [0, 0.05) is 45.8 Å². The average Bonchev–Trinajstić information content (AvgIpc) is 2.42. The molecule has 1 rings (SSSR count). The van der Waals surface area contributed by atoms with Crippen LogP contribution >= 0.6 is 24.0 Å². The van der Waals surface area contributed by atoms with E-state index in [1.165, 1.54) is 0 Å². The van der Waals surface area contributed by atoms with Crippen LogP contribution in [0.15, 0.2) is 4.99 Å². The maximum absolute atomic E-state index is 10.3. The summed E-state index contributed by atoms with van der Waals surface area (Å²) in [6, 6.07) is 0. The van der Waals surface area contributed by atoms with Gasteiger partial charge in [0.15, 0.2) is 5.96 Å². The van der Waals surface area contributed by atoms with Crippen LogP contribution < -0.4 is 10.6 Å². The fourth-order valence-corrected chi connectivity index (χ4v) is 1.86. The molecule has 0 aromatic heterocycles. The van der Waals surface area contributed by atoms with E-state index in [2.05, 4.69) is 15.6 Å². The average molecular weight is 401 g/mol. The normalized spacial score (nSPS) is 18.2. The highest BCUT2D eigenvalue weighted by Crippen LogP contribution is 2.20. The number of aliphatic hydroxyl groups is 1. The zero-order valence-corrected chi connectivity index (χ0v) is 14.8. The summed E-state index contributed by atoms with van der Waals surface area (Å²) in [5.41, 5.74) is -0.722. The first-order chi connectivity index (χ1) is 9.20. The third-order valence-electron chi connectivity index (χ3n) is 3.04. The molecule has 0 bridgehead atoms. The van der Waals surface area contributed by atoms with E-state index in [0.29, 0.717) is 45.8 Å². The molecule has 3 N–H and O–H groups in total. The van der Waals surface area contributed by atoms with Gasteiger partial charge in [0.25, 0.3) is 0 Å². The molecule has 0 aliphatic carbocycles. The molecule has 120 valence electrons. The summed E-state index contributed by atoms with van der Waals surface area (Å²) in [7, 11) is 0. The number of nitrogens with zero attached hydrogens (tertiary/aromatic N) is 1. The van der Waals surface area contributed by atoms with Crippen LogP contribution in [0.25, 0.3) is 0 Å². The van der Waals surface area contributed by atoms with E-state index in [1.54, 1.807) is 0 Å². The van der Waals surface area contributed by atoms with Gasteiger partial charge in [-0.25, -0.2) is 0 Å².